The molecule has 0 spiro atoms. The summed E-state index contributed by atoms with van der Waals surface area (Å²) < 4.78 is 0. The number of rotatable bonds is 5. The molecule has 3 heterocycles. The summed E-state index contributed by atoms with van der Waals surface area (Å²) in [5.41, 5.74) is 2.74. The van der Waals surface area contributed by atoms with Gasteiger partial charge >= 0.3 is 6.03 Å². The van der Waals surface area contributed by atoms with E-state index in [4.69, 9.17) is 0 Å². The normalized spacial score (nSPS) is 21.7. The molecule has 0 radical (unpaired) electrons. The fourth-order valence-electron chi connectivity index (χ4n) is 5.26. The summed E-state index contributed by atoms with van der Waals surface area (Å²) in [5.74, 6) is -0.696. The lowest BCUT2D eigenvalue weighted by Gasteiger charge is -2.36. The first-order chi connectivity index (χ1) is 15.8. The number of amides is 4. The Kier molecular flexibility index (Phi) is 5.00. The van der Waals surface area contributed by atoms with Gasteiger partial charge in [-0.15, -0.1) is 0 Å². The molecule has 4 amide bonds. The van der Waals surface area contributed by atoms with Crippen molar-refractivity contribution in [3.63, 3.8) is 0 Å². The lowest BCUT2D eigenvalue weighted by Crippen LogP contribution is -2.51. The van der Waals surface area contributed by atoms with Crippen LogP contribution in [0.25, 0.3) is 10.9 Å². The van der Waals surface area contributed by atoms with E-state index in [-0.39, 0.29) is 17.9 Å². The Labute approximate surface area is 192 Å². The first-order valence-electron chi connectivity index (χ1n) is 11.4. The fourth-order valence-corrected chi connectivity index (χ4v) is 5.26. The van der Waals surface area contributed by atoms with Crippen molar-refractivity contribution in [2.24, 2.45) is 0 Å². The lowest BCUT2D eigenvalue weighted by atomic mass is 9.87. The third kappa shape index (κ3) is 3.22. The van der Waals surface area contributed by atoms with Crippen molar-refractivity contribution in [1.82, 2.24) is 20.1 Å². The quantitative estimate of drug-likeness (QED) is 0.592. The maximum Gasteiger partial charge on any atom is 0.328 e. The SMILES string of the molecule is C[C@@H](Cc1ccccc1)NC(=O)[C@H](C)N1C(=O)N2CCc3c([nH]c4ccccc34)[C@@]2(C)C1=O. The summed E-state index contributed by atoms with van der Waals surface area (Å²) in [6.45, 7) is 5.76. The fraction of sp³-hybridized carbons (Fsp3) is 0.346. The molecular formula is C26H28N4O3. The van der Waals surface area contributed by atoms with Gasteiger partial charge in [0.05, 0.1) is 5.69 Å². The Morgan fingerprint density at radius 1 is 1.09 bits per heavy atom. The van der Waals surface area contributed by atoms with Crippen LogP contribution in [0.5, 0.6) is 0 Å². The standard InChI is InChI=1S/C26H28N4O3/c1-16(15-18-9-5-4-6-10-18)27-23(31)17(2)30-24(32)26(3)22-20(13-14-29(26)25(30)33)19-11-7-8-12-21(19)28-22/h4-12,16-17,28H,13-15H2,1-3H3,(H,27,31)/t16-,17-,26-/m0/s1. The number of nitrogens with one attached hydrogen (secondary N) is 2. The zero-order chi connectivity index (χ0) is 23.3. The second kappa shape index (κ2) is 7.76. The molecule has 2 aliphatic rings. The number of H-pyrrole nitrogens is 1. The number of aromatic amines is 1. The number of para-hydroxylation sites is 1. The molecule has 7 nitrogen and oxygen atoms in total. The van der Waals surface area contributed by atoms with Crippen molar-refractivity contribution in [3.8, 4) is 0 Å². The monoisotopic (exact) mass is 444 g/mol. The zero-order valence-electron chi connectivity index (χ0n) is 19.1. The van der Waals surface area contributed by atoms with Gasteiger partial charge in [0.15, 0.2) is 5.54 Å². The van der Waals surface area contributed by atoms with Crippen LogP contribution in [-0.4, -0.2) is 51.3 Å². The summed E-state index contributed by atoms with van der Waals surface area (Å²) in [7, 11) is 0. The van der Waals surface area contributed by atoms with E-state index in [0.29, 0.717) is 19.4 Å². The average molecular weight is 445 g/mol. The average Bonchev–Trinajstić information content (AvgIpc) is 3.28. The number of carbonyl (C=O) groups is 3. The van der Waals surface area contributed by atoms with E-state index in [1.54, 1.807) is 18.7 Å². The number of nitrogens with zero attached hydrogens (tertiary/aromatic N) is 2. The van der Waals surface area contributed by atoms with E-state index in [1.165, 1.54) is 0 Å². The molecule has 33 heavy (non-hydrogen) atoms. The Hall–Kier alpha value is -3.61. The van der Waals surface area contributed by atoms with Crippen molar-refractivity contribution in [2.75, 3.05) is 6.54 Å². The van der Waals surface area contributed by atoms with Crippen LogP contribution in [0.4, 0.5) is 4.79 Å². The van der Waals surface area contributed by atoms with Crippen LogP contribution in [0.15, 0.2) is 54.6 Å². The molecule has 0 unspecified atom stereocenters. The van der Waals surface area contributed by atoms with E-state index < -0.39 is 17.6 Å². The Bertz CT molecular complexity index is 1250. The van der Waals surface area contributed by atoms with E-state index >= 15 is 0 Å². The van der Waals surface area contributed by atoms with Crippen molar-refractivity contribution in [3.05, 3.63) is 71.4 Å². The molecule has 2 aromatic carbocycles. The summed E-state index contributed by atoms with van der Waals surface area (Å²) in [4.78, 5) is 46.2. The second-order valence-electron chi connectivity index (χ2n) is 9.23. The zero-order valence-corrected chi connectivity index (χ0v) is 19.1. The summed E-state index contributed by atoms with van der Waals surface area (Å²) in [5, 5.41) is 4.05. The molecule has 1 fully saturated rings. The lowest BCUT2D eigenvalue weighted by molar-refractivity contribution is -0.139. The van der Waals surface area contributed by atoms with Gasteiger partial charge in [0.2, 0.25) is 5.91 Å². The van der Waals surface area contributed by atoms with E-state index in [9.17, 15) is 14.4 Å². The maximum absolute atomic E-state index is 13.7. The van der Waals surface area contributed by atoms with Crippen LogP contribution in [0.1, 0.15) is 37.6 Å². The van der Waals surface area contributed by atoms with Gasteiger partial charge in [0.25, 0.3) is 5.91 Å². The van der Waals surface area contributed by atoms with Gasteiger partial charge in [-0.1, -0.05) is 48.5 Å². The molecule has 0 aliphatic carbocycles. The summed E-state index contributed by atoms with van der Waals surface area (Å²) in [6, 6.07) is 16.4. The predicted octanol–water partition coefficient (Wildman–Crippen LogP) is 3.34. The van der Waals surface area contributed by atoms with Gasteiger partial charge in [-0.2, -0.15) is 0 Å². The number of urea groups is 1. The molecule has 3 atom stereocenters. The molecule has 5 rings (SSSR count). The van der Waals surface area contributed by atoms with Crippen molar-refractivity contribution < 1.29 is 14.4 Å². The molecule has 3 aromatic rings. The smallest absolute Gasteiger partial charge is 0.328 e. The minimum absolute atomic E-state index is 0.131. The number of hydrogen-bond donors (Lipinski definition) is 2. The highest BCUT2D eigenvalue weighted by atomic mass is 16.2. The number of hydrogen-bond acceptors (Lipinski definition) is 3. The van der Waals surface area contributed by atoms with Crippen LogP contribution >= 0.6 is 0 Å². The van der Waals surface area contributed by atoms with Crippen LogP contribution in [0.3, 0.4) is 0 Å². The minimum Gasteiger partial charge on any atom is -0.356 e. The third-order valence-electron chi connectivity index (χ3n) is 7.04. The van der Waals surface area contributed by atoms with E-state index in [1.807, 2.05) is 61.5 Å². The van der Waals surface area contributed by atoms with Crippen molar-refractivity contribution in [2.45, 2.75) is 51.2 Å². The van der Waals surface area contributed by atoms with Crippen LogP contribution in [0.2, 0.25) is 0 Å². The van der Waals surface area contributed by atoms with Gasteiger partial charge in [-0.3, -0.25) is 9.59 Å². The Balaban J connectivity index is 1.39. The number of aromatic nitrogens is 1. The number of fused-ring (bicyclic) bond motifs is 5. The van der Waals surface area contributed by atoms with Crippen molar-refractivity contribution in [1.29, 1.82) is 0 Å². The minimum atomic E-state index is -1.14. The summed E-state index contributed by atoms with van der Waals surface area (Å²) >= 11 is 0. The molecule has 0 saturated carbocycles. The Morgan fingerprint density at radius 2 is 1.79 bits per heavy atom. The molecule has 2 aliphatic heterocycles. The Morgan fingerprint density at radius 3 is 2.55 bits per heavy atom. The number of benzene rings is 2. The van der Waals surface area contributed by atoms with Gasteiger partial charge in [0, 0.05) is 23.5 Å². The molecule has 1 aromatic heterocycles. The molecule has 1 saturated heterocycles. The van der Waals surface area contributed by atoms with Gasteiger partial charge < -0.3 is 15.2 Å². The molecule has 0 bridgehead atoms. The molecule has 7 heteroatoms. The second-order valence-corrected chi connectivity index (χ2v) is 9.23. The van der Waals surface area contributed by atoms with Gasteiger partial charge in [0.1, 0.15) is 6.04 Å². The first-order valence-corrected chi connectivity index (χ1v) is 11.4. The highest BCUT2D eigenvalue weighted by Crippen LogP contribution is 2.44. The van der Waals surface area contributed by atoms with Crippen molar-refractivity contribution >= 4 is 28.7 Å². The maximum atomic E-state index is 13.7. The van der Waals surface area contributed by atoms with Gasteiger partial charge in [-0.25, -0.2) is 9.69 Å². The van der Waals surface area contributed by atoms with E-state index in [0.717, 1.165) is 32.6 Å². The number of imide groups is 1. The summed E-state index contributed by atoms with van der Waals surface area (Å²) in [6.07, 6.45) is 1.33. The topological polar surface area (TPSA) is 85.5 Å². The molecule has 2 N–H and O–H groups in total. The largest absolute Gasteiger partial charge is 0.356 e. The highest BCUT2D eigenvalue weighted by Gasteiger charge is 2.60. The predicted molar refractivity (Wildman–Crippen MR) is 126 cm³/mol. The highest BCUT2D eigenvalue weighted by molar-refractivity contribution is 6.10. The van der Waals surface area contributed by atoms with Gasteiger partial charge in [-0.05, 0) is 50.8 Å². The third-order valence-corrected chi connectivity index (χ3v) is 7.04. The molecule has 170 valence electrons. The van der Waals surface area contributed by atoms with Crippen LogP contribution < -0.4 is 5.32 Å². The van der Waals surface area contributed by atoms with E-state index in [2.05, 4.69) is 10.3 Å². The molecular weight excluding hydrogens is 416 g/mol. The van der Waals surface area contributed by atoms with Crippen LogP contribution in [-0.2, 0) is 28.0 Å². The first kappa shape index (κ1) is 21.2. The number of carbonyl (C=O) groups excluding carboxylic acids is 3. The van der Waals surface area contributed by atoms with Crippen LogP contribution in [0, 0.1) is 0 Å².